The normalized spacial score (nSPS) is 11.0. The van der Waals surface area contributed by atoms with Crippen molar-refractivity contribution >= 4 is 0 Å². The third kappa shape index (κ3) is 3.54. The van der Waals surface area contributed by atoms with Crippen molar-refractivity contribution in [3.05, 3.63) is 66.4 Å². The van der Waals surface area contributed by atoms with Crippen LogP contribution < -0.4 is 4.74 Å². The maximum atomic E-state index is 13.0. The van der Waals surface area contributed by atoms with Crippen LogP contribution in [0.15, 0.2) is 54.7 Å². The molecular formula is C17H12F3N2OPt-. The average molecular weight is 512 g/mol. The Morgan fingerprint density at radius 3 is 2.42 bits per heavy atom. The molecule has 0 radical (unpaired) electrons. The van der Waals surface area contributed by atoms with Crippen LogP contribution in [-0.2, 0) is 27.2 Å². The first-order valence-electron chi connectivity index (χ1n) is 6.77. The molecule has 1 aromatic heterocycles. The third-order valence-corrected chi connectivity index (χ3v) is 3.35. The summed E-state index contributed by atoms with van der Waals surface area (Å²) in [5.74, 6) is -0.362. The molecule has 3 rings (SSSR count). The number of rotatable bonds is 3. The Morgan fingerprint density at radius 1 is 1.08 bits per heavy atom. The number of hydrogen-bond donors (Lipinski definition) is 0. The van der Waals surface area contributed by atoms with Crippen molar-refractivity contribution < 1.29 is 39.0 Å². The van der Waals surface area contributed by atoms with Gasteiger partial charge in [0.05, 0.1) is 13.3 Å². The summed E-state index contributed by atoms with van der Waals surface area (Å²) in [6.45, 7) is 0. The van der Waals surface area contributed by atoms with E-state index in [9.17, 15) is 13.2 Å². The molecule has 24 heavy (non-hydrogen) atoms. The Hall–Kier alpha value is -2.07. The van der Waals surface area contributed by atoms with Crippen LogP contribution in [0.3, 0.4) is 0 Å². The van der Waals surface area contributed by atoms with E-state index in [1.54, 1.807) is 12.1 Å². The van der Waals surface area contributed by atoms with Gasteiger partial charge in [-0.25, -0.2) is 4.68 Å². The second-order valence-corrected chi connectivity index (χ2v) is 4.81. The first kappa shape index (κ1) is 18.3. The summed E-state index contributed by atoms with van der Waals surface area (Å²) < 4.78 is 44.9. The van der Waals surface area contributed by atoms with Crippen LogP contribution in [0.2, 0.25) is 0 Å². The van der Waals surface area contributed by atoms with E-state index in [-0.39, 0.29) is 26.9 Å². The summed E-state index contributed by atoms with van der Waals surface area (Å²) in [4.78, 5) is 0. The smallest absolute Gasteiger partial charge is 0.423 e. The molecule has 2 aromatic carbocycles. The minimum absolute atomic E-state index is 0. The van der Waals surface area contributed by atoms with Crippen molar-refractivity contribution in [2.75, 3.05) is 7.11 Å². The molecule has 0 aliphatic heterocycles. The van der Waals surface area contributed by atoms with E-state index in [1.165, 1.54) is 7.11 Å². The van der Waals surface area contributed by atoms with Crippen molar-refractivity contribution in [3.8, 4) is 22.7 Å². The molecule has 3 nitrogen and oxygen atoms in total. The van der Waals surface area contributed by atoms with Gasteiger partial charge in [-0.05, 0) is 11.3 Å². The molecule has 128 valence electrons. The first-order chi connectivity index (χ1) is 11.0. The van der Waals surface area contributed by atoms with Gasteiger partial charge in [-0.2, -0.15) is 36.5 Å². The van der Waals surface area contributed by atoms with Crippen LogP contribution in [0, 0.1) is 6.07 Å². The van der Waals surface area contributed by atoms with Crippen LogP contribution >= 0.6 is 0 Å². The van der Waals surface area contributed by atoms with Crippen LogP contribution in [0.5, 0.6) is 5.88 Å². The Morgan fingerprint density at radius 2 is 1.79 bits per heavy atom. The number of aromatic nitrogens is 2. The number of halogens is 3. The Kier molecular flexibility index (Phi) is 5.50. The Labute approximate surface area is 151 Å². The van der Waals surface area contributed by atoms with Crippen LogP contribution in [0.25, 0.3) is 16.8 Å². The van der Waals surface area contributed by atoms with Crippen molar-refractivity contribution in [2.45, 2.75) is 6.18 Å². The number of ether oxygens (including phenoxy) is 1. The van der Waals surface area contributed by atoms with Gasteiger partial charge >= 0.3 is 6.18 Å². The Balaban J connectivity index is 0.00000208. The molecular weight excluding hydrogens is 500 g/mol. The summed E-state index contributed by atoms with van der Waals surface area (Å²) >= 11 is 0. The van der Waals surface area contributed by atoms with E-state index in [1.807, 2.05) is 36.4 Å². The van der Waals surface area contributed by atoms with Crippen LogP contribution in [0.4, 0.5) is 13.2 Å². The monoisotopic (exact) mass is 512 g/mol. The zero-order chi connectivity index (χ0) is 16.4. The van der Waals surface area contributed by atoms with E-state index in [0.29, 0.717) is 5.69 Å². The van der Waals surface area contributed by atoms with Crippen LogP contribution in [-0.4, -0.2) is 16.9 Å². The molecule has 0 aliphatic carbocycles. The molecule has 7 heteroatoms. The zero-order valence-corrected chi connectivity index (χ0v) is 14.7. The number of methoxy groups -OCH3 is 1. The molecule has 0 saturated heterocycles. The summed E-state index contributed by atoms with van der Waals surface area (Å²) in [6, 6.07) is 17.6. The Bertz CT molecular complexity index is 816. The fourth-order valence-corrected chi connectivity index (χ4v) is 2.29. The van der Waals surface area contributed by atoms with Gasteiger partial charge in [-0.15, -0.1) is 11.6 Å². The second kappa shape index (κ2) is 7.22. The fourth-order valence-electron chi connectivity index (χ4n) is 2.29. The average Bonchev–Trinajstić information content (AvgIpc) is 3.00. The number of benzene rings is 2. The minimum atomic E-state index is -4.53. The van der Waals surface area contributed by atoms with E-state index < -0.39 is 11.7 Å². The van der Waals surface area contributed by atoms with Gasteiger partial charge in [0.25, 0.3) is 0 Å². The summed E-state index contributed by atoms with van der Waals surface area (Å²) in [6.07, 6.45) is -3.78. The zero-order valence-electron chi connectivity index (χ0n) is 12.4. The second-order valence-electron chi connectivity index (χ2n) is 4.81. The molecule has 0 bridgehead atoms. The fraction of sp³-hybridized carbons (Fsp3) is 0.118. The van der Waals surface area contributed by atoms with Gasteiger partial charge in [0.2, 0.25) is 5.88 Å². The molecule has 3 aromatic rings. The van der Waals surface area contributed by atoms with Crippen molar-refractivity contribution in [2.24, 2.45) is 0 Å². The summed E-state index contributed by atoms with van der Waals surface area (Å²) in [5.41, 5.74) is 1.26. The maximum absolute atomic E-state index is 13.0. The number of nitrogens with zero attached hydrogens (tertiary/aromatic N) is 2. The minimum Gasteiger partial charge on any atom is -0.481 e. The van der Waals surface area contributed by atoms with Gasteiger partial charge in [0.1, 0.15) is 5.56 Å². The quantitative estimate of drug-likeness (QED) is 0.488. The van der Waals surface area contributed by atoms with E-state index >= 15 is 0 Å². The molecule has 1 heterocycles. The molecule has 0 unspecified atom stereocenters. The van der Waals surface area contributed by atoms with Crippen molar-refractivity contribution in [1.29, 1.82) is 0 Å². The maximum Gasteiger partial charge on any atom is 0.423 e. The van der Waals surface area contributed by atoms with Crippen LogP contribution in [0.1, 0.15) is 5.56 Å². The summed E-state index contributed by atoms with van der Waals surface area (Å²) in [7, 11) is 1.18. The standard InChI is InChI=1S/C17H12F3N2O.Pt/c1-23-16-15(17(18,19)20)11-21-22(16)14-9-5-8-13(10-14)12-6-3-2-4-7-12;/h2-8,10-11H,1H3;/q-1;. The van der Waals surface area contributed by atoms with E-state index in [4.69, 9.17) is 4.74 Å². The molecule has 0 spiro atoms. The molecule has 0 aliphatic rings. The SMILES string of the molecule is COc1c(C(F)(F)F)cnn1-c1[c-]ccc(-c2ccccc2)c1.[Pt]. The van der Waals surface area contributed by atoms with Gasteiger partial charge < -0.3 is 4.74 Å². The van der Waals surface area contributed by atoms with Gasteiger partial charge in [-0.3, -0.25) is 0 Å². The largest absolute Gasteiger partial charge is 0.481 e. The molecule has 0 saturated carbocycles. The molecule has 0 N–H and O–H groups in total. The van der Waals surface area contributed by atoms with Gasteiger partial charge in [-0.1, -0.05) is 30.3 Å². The van der Waals surface area contributed by atoms with Gasteiger partial charge in [0.15, 0.2) is 0 Å². The summed E-state index contributed by atoms with van der Waals surface area (Å²) in [5, 5.41) is 3.80. The van der Waals surface area contributed by atoms with E-state index in [0.717, 1.165) is 22.0 Å². The molecule has 0 atom stereocenters. The number of hydrogen-bond acceptors (Lipinski definition) is 2. The predicted octanol–water partition coefficient (Wildman–Crippen LogP) is 4.36. The first-order valence-corrected chi connectivity index (χ1v) is 6.77. The third-order valence-electron chi connectivity index (χ3n) is 3.35. The van der Waals surface area contributed by atoms with Gasteiger partial charge in [0, 0.05) is 21.1 Å². The van der Waals surface area contributed by atoms with E-state index in [2.05, 4.69) is 11.2 Å². The molecule has 0 fully saturated rings. The number of alkyl halides is 3. The molecule has 0 amide bonds. The predicted molar refractivity (Wildman–Crippen MR) is 79.4 cm³/mol. The van der Waals surface area contributed by atoms with Crippen molar-refractivity contribution in [3.63, 3.8) is 0 Å². The topological polar surface area (TPSA) is 27.1 Å². The van der Waals surface area contributed by atoms with Crippen molar-refractivity contribution in [1.82, 2.24) is 9.78 Å².